The first-order chi connectivity index (χ1) is 12.5. The van der Waals surface area contributed by atoms with E-state index in [-0.39, 0.29) is 11.8 Å². The largest absolute Gasteiger partial charge is 0.355 e. The number of rotatable bonds is 8. The molecule has 2 aromatic rings. The van der Waals surface area contributed by atoms with E-state index >= 15 is 0 Å². The maximum absolute atomic E-state index is 12.1. The first kappa shape index (κ1) is 19.6. The zero-order valence-corrected chi connectivity index (χ0v) is 15.6. The summed E-state index contributed by atoms with van der Waals surface area (Å²) >= 11 is 0. The molecule has 1 heterocycles. The lowest BCUT2D eigenvalue weighted by atomic mass is 10.1. The van der Waals surface area contributed by atoms with Crippen molar-refractivity contribution in [2.75, 3.05) is 11.9 Å². The van der Waals surface area contributed by atoms with Crippen LogP contribution < -0.4 is 10.6 Å². The van der Waals surface area contributed by atoms with Crippen LogP contribution in [0.25, 0.3) is 0 Å². The van der Waals surface area contributed by atoms with Crippen molar-refractivity contribution in [1.29, 1.82) is 0 Å². The number of hydrogen-bond donors (Lipinski definition) is 2. The molecule has 0 bridgehead atoms. The van der Waals surface area contributed by atoms with Crippen LogP contribution in [-0.4, -0.2) is 28.3 Å². The van der Waals surface area contributed by atoms with E-state index in [1.807, 2.05) is 51.1 Å². The molecular weight excluding hydrogens is 328 g/mol. The molecule has 2 N–H and O–H groups in total. The lowest BCUT2D eigenvalue weighted by Gasteiger charge is -2.08. The Morgan fingerprint density at radius 3 is 2.27 bits per heavy atom. The molecule has 0 fully saturated rings. The number of anilines is 1. The Hall–Kier alpha value is -2.76. The van der Waals surface area contributed by atoms with Gasteiger partial charge in [0.25, 0.3) is 0 Å². The number of benzene rings is 1. The summed E-state index contributed by atoms with van der Waals surface area (Å²) in [4.78, 5) is 32.4. The highest BCUT2D eigenvalue weighted by Gasteiger charge is 2.06. The first-order valence-electron chi connectivity index (χ1n) is 8.93. The van der Waals surface area contributed by atoms with Gasteiger partial charge in [-0.3, -0.25) is 9.59 Å². The van der Waals surface area contributed by atoms with Crippen LogP contribution in [0.1, 0.15) is 42.5 Å². The number of nitrogens with zero attached hydrogens (tertiary/aromatic N) is 2. The summed E-state index contributed by atoms with van der Waals surface area (Å²) in [5.41, 5.74) is 3.52. The number of carbonyl (C=O) groups excluding carboxylic acids is 2. The Bertz CT molecular complexity index is 737. The first-order valence-corrected chi connectivity index (χ1v) is 8.93. The molecule has 0 aliphatic rings. The van der Waals surface area contributed by atoms with Gasteiger partial charge in [0.15, 0.2) is 0 Å². The SMILES string of the molecule is CCCC(=O)Nc1ccc(CC(=O)NCCc2nc(C)cc(C)n2)cc1. The third-order valence-corrected chi connectivity index (χ3v) is 3.78. The molecule has 2 amide bonds. The van der Waals surface area contributed by atoms with Gasteiger partial charge in [0.2, 0.25) is 11.8 Å². The van der Waals surface area contributed by atoms with Crippen LogP contribution in [0.3, 0.4) is 0 Å². The van der Waals surface area contributed by atoms with Gasteiger partial charge in [0.1, 0.15) is 5.82 Å². The van der Waals surface area contributed by atoms with Crippen molar-refractivity contribution in [3.63, 3.8) is 0 Å². The second-order valence-corrected chi connectivity index (χ2v) is 6.34. The van der Waals surface area contributed by atoms with E-state index in [1.54, 1.807) is 0 Å². The van der Waals surface area contributed by atoms with Crippen LogP contribution in [0.15, 0.2) is 30.3 Å². The second kappa shape index (κ2) is 9.65. The molecule has 6 nitrogen and oxygen atoms in total. The smallest absolute Gasteiger partial charge is 0.224 e. The second-order valence-electron chi connectivity index (χ2n) is 6.34. The molecule has 2 rings (SSSR count). The molecule has 6 heteroatoms. The number of nitrogens with one attached hydrogen (secondary N) is 2. The van der Waals surface area contributed by atoms with Gasteiger partial charge in [0, 0.05) is 36.5 Å². The van der Waals surface area contributed by atoms with Crippen molar-refractivity contribution >= 4 is 17.5 Å². The van der Waals surface area contributed by atoms with Gasteiger partial charge in [-0.25, -0.2) is 9.97 Å². The normalized spacial score (nSPS) is 10.4. The Kier molecular flexibility index (Phi) is 7.26. The fraction of sp³-hybridized carbons (Fsp3) is 0.400. The van der Waals surface area contributed by atoms with Gasteiger partial charge in [-0.2, -0.15) is 0 Å². The Morgan fingerprint density at radius 1 is 1.00 bits per heavy atom. The summed E-state index contributed by atoms with van der Waals surface area (Å²) in [6, 6.07) is 9.28. The van der Waals surface area contributed by atoms with Crippen LogP contribution in [0.4, 0.5) is 5.69 Å². The Labute approximate surface area is 154 Å². The fourth-order valence-electron chi connectivity index (χ4n) is 2.63. The van der Waals surface area contributed by atoms with Crippen molar-refractivity contribution in [3.05, 3.63) is 53.1 Å². The van der Waals surface area contributed by atoms with Crippen LogP contribution >= 0.6 is 0 Å². The number of amides is 2. The minimum atomic E-state index is -0.0443. The third-order valence-electron chi connectivity index (χ3n) is 3.78. The predicted molar refractivity (Wildman–Crippen MR) is 102 cm³/mol. The molecule has 0 aliphatic heterocycles. The van der Waals surface area contributed by atoms with E-state index in [1.165, 1.54) is 0 Å². The van der Waals surface area contributed by atoms with E-state index in [0.29, 0.717) is 25.8 Å². The summed E-state index contributed by atoms with van der Waals surface area (Å²) in [5, 5.41) is 5.72. The molecule has 0 unspecified atom stereocenters. The molecule has 138 valence electrons. The topological polar surface area (TPSA) is 84.0 Å². The van der Waals surface area contributed by atoms with Crippen LogP contribution in [-0.2, 0) is 22.4 Å². The van der Waals surface area contributed by atoms with E-state index < -0.39 is 0 Å². The van der Waals surface area contributed by atoms with E-state index in [2.05, 4.69) is 20.6 Å². The van der Waals surface area contributed by atoms with E-state index in [9.17, 15) is 9.59 Å². The minimum Gasteiger partial charge on any atom is -0.355 e. The van der Waals surface area contributed by atoms with Crippen molar-refractivity contribution in [1.82, 2.24) is 15.3 Å². The minimum absolute atomic E-state index is 0.00611. The average Bonchev–Trinajstić information content (AvgIpc) is 2.56. The third kappa shape index (κ3) is 6.63. The lowest BCUT2D eigenvalue weighted by Crippen LogP contribution is -2.27. The quantitative estimate of drug-likeness (QED) is 0.763. The van der Waals surface area contributed by atoms with Gasteiger partial charge in [-0.05, 0) is 44.0 Å². The van der Waals surface area contributed by atoms with Gasteiger partial charge in [0.05, 0.1) is 6.42 Å². The zero-order valence-electron chi connectivity index (χ0n) is 15.6. The van der Waals surface area contributed by atoms with Crippen molar-refractivity contribution in [3.8, 4) is 0 Å². The Morgan fingerprint density at radius 2 is 1.65 bits per heavy atom. The van der Waals surface area contributed by atoms with Crippen LogP contribution in [0, 0.1) is 13.8 Å². The highest BCUT2D eigenvalue weighted by molar-refractivity contribution is 5.90. The Balaban J connectivity index is 1.77. The average molecular weight is 354 g/mol. The lowest BCUT2D eigenvalue weighted by molar-refractivity contribution is -0.120. The highest BCUT2D eigenvalue weighted by atomic mass is 16.2. The molecule has 0 saturated heterocycles. The molecule has 0 radical (unpaired) electrons. The molecule has 0 saturated carbocycles. The fourth-order valence-corrected chi connectivity index (χ4v) is 2.63. The van der Waals surface area contributed by atoms with Crippen molar-refractivity contribution < 1.29 is 9.59 Å². The summed E-state index contributed by atoms with van der Waals surface area (Å²) in [6.07, 6.45) is 2.24. The summed E-state index contributed by atoms with van der Waals surface area (Å²) in [5.74, 6) is 0.707. The van der Waals surface area contributed by atoms with Gasteiger partial charge >= 0.3 is 0 Å². The maximum atomic E-state index is 12.1. The number of aromatic nitrogens is 2. The molecule has 0 aliphatic carbocycles. The molecule has 1 aromatic heterocycles. The van der Waals surface area contributed by atoms with Gasteiger partial charge in [-0.15, -0.1) is 0 Å². The summed E-state index contributed by atoms with van der Waals surface area (Å²) < 4.78 is 0. The van der Waals surface area contributed by atoms with Gasteiger partial charge in [-0.1, -0.05) is 19.1 Å². The summed E-state index contributed by atoms with van der Waals surface area (Å²) in [6.45, 7) is 6.34. The maximum Gasteiger partial charge on any atom is 0.224 e. The number of aryl methyl sites for hydroxylation is 2. The van der Waals surface area contributed by atoms with Crippen LogP contribution in [0.5, 0.6) is 0 Å². The molecule has 1 aromatic carbocycles. The summed E-state index contributed by atoms with van der Waals surface area (Å²) in [7, 11) is 0. The standard InChI is InChI=1S/C20H26N4O2/c1-4-5-19(25)24-17-8-6-16(7-9-17)13-20(26)21-11-10-18-22-14(2)12-15(3)23-18/h6-9,12H,4-5,10-11,13H2,1-3H3,(H,21,26)(H,24,25). The highest BCUT2D eigenvalue weighted by Crippen LogP contribution is 2.11. The molecular formula is C20H26N4O2. The van der Waals surface area contributed by atoms with E-state index in [0.717, 1.165) is 34.9 Å². The molecule has 0 atom stereocenters. The monoisotopic (exact) mass is 354 g/mol. The predicted octanol–water partition coefficient (Wildman–Crippen LogP) is 2.73. The molecule has 26 heavy (non-hydrogen) atoms. The number of carbonyl (C=O) groups is 2. The van der Waals surface area contributed by atoms with Crippen molar-refractivity contribution in [2.45, 2.75) is 46.5 Å². The van der Waals surface area contributed by atoms with Crippen LogP contribution in [0.2, 0.25) is 0 Å². The molecule has 0 spiro atoms. The van der Waals surface area contributed by atoms with Crippen molar-refractivity contribution in [2.24, 2.45) is 0 Å². The van der Waals surface area contributed by atoms with E-state index in [4.69, 9.17) is 0 Å². The van der Waals surface area contributed by atoms with Gasteiger partial charge < -0.3 is 10.6 Å². The zero-order chi connectivity index (χ0) is 18.9. The number of hydrogen-bond acceptors (Lipinski definition) is 4.